The van der Waals surface area contributed by atoms with E-state index < -0.39 is 0 Å². The van der Waals surface area contributed by atoms with Crippen molar-refractivity contribution in [2.24, 2.45) is 7.05 Å². The summed E-state index contributed by atoms with van der Waals surface area (Å²) >= 11 is 7.11. The van der Waals surface area contributed by atoms with Crippen LogP contribution in [0, 0.1) is 12.7 Å². The van der Waals surface area contributed by atoms with Crippen LogP contribution in [0.3, 0.4) is 0 Å². The third-order valence-corrected chi connectivity index (χ3v) is 5.20. The molecular formula is C15H18Br2FN3. The molecule has 0 aliphatic heterocycles. The Balaban J connectivity index is 2.37. The predicted molar refractivity (Wildman–Crippen MR) is 89.9 cm³/mol. The van der Waals surface area contributed by atoms with Crippen LogP contribution in [-0.4, -0.2) is 16.3 Å². The molecule has 0 bridgehead atoms. The second kappa shape index (κ2) is 7.03. The number of rotatable bonds is 5. The van der Waals surface area contributed by atoms with E-state index in [0.717, 1.165) is 38.9 Å². The second-order valence-electron chi connectivity index (χ2n) is 4.95. The number of halogens is 3. The average Bonchev–Trinajstić information content (AvgIpc) is 2.67. The fraction of sp³-hybridized carbons (Fsp3) is 0.400. The van der Waals surface area contributed by atoms with Crippen molar-refractivity contribution >= 4 is 31.9 Å². The molecule has 1 heterocycles. The first-order valence-electron chi connectivity index (χ1n) is 6.80. The highest BCUT2D eigenvalue weighted by atomic mass is 79.9. The zero-order valence-electron chi connectivity index (χ0n) is 12.3. The van der Waals surface area contributed by atoms with Gasteiger partial charge in [-0.25, -0.2) is 4.39 Å². The number of hydrogen-bond donors (Lipinski definition) is 1. The van der Waals surface area contributed by atoms with Gasteiger partial charge in [0.05, 0.1) is 15.9 Å². The van der Waals surface area contributed by atoms with Crippen LogP contribution in [-0.2, 0) is 13.5 Å². The maximum Gasteiger partial charge on any atom is 0.123 e. The molecule has 2 aromatic rings. The first-order valence-corrected chi connectivity index (χ1v) is 8.39. The zero-order chi connectivity index (χ0) is 15.6. The van der Waals surface area contributed by atoms with Crippen molar-refractivity contribution in [1.29, 1.82) is 0 Å². The van der Waals surface area contributed by atoms with Crippen molar-refractivity contribution in [3.63, 3.8) is 0 Å². The van der Waals surface area contributed by atoms with Crippen LogP contribution >= 0.6 is 31.9 Å². The van der Waals surface area contributed by atoms with E-state index >= 15 is 0 Å². The van der Waals surface area contributed by atoms with Crippen molar-refractivity contribution in [3.8, 4) is 0 Å². The Morgan fingerprint density at radius 2 is 2.10 bits per heavy atom. The quantitative estimate of drug-likeness (QED) is 0.784. The van der Waals surface area contributed by atoms with Crippen molar-refractivity contribution in [2.75, 3.05) is 6.54 Å². The molecule has 1 atom stereocenters. The lowest BCUT2D eigenvalue weighted by Crippen LogP contribution is -2.24. The Morgan fingerprint density at radius 1 is 1.38 bits per heavy atom. The maximum absolute atomic E-state index is 13.6. The molecule has 0 saturated heterocycles. The molecule has 1 unspecified atom stereocenters. The predicted octanol–water partition coefficient (Wildman–Crippen LogP) is 4.29. The van der Waals surface area contributed by atoms with E-state index in [9.17, 15) is 4.39 Å². The van der Waals surface area contributed by atoms with Gasteiger partial charge < -0.3 is 5.32 Å². The topological polar surface area (TPSA) is 29.9 Å². The van der Waals surface area contributed by atoms with E-state index in [0.29, 0.717) is 0 Å². The molecule has 1 aromatic heterocycles. The molecule has 3 nitrogen and oxygen atoms in total. The molecule has 1 aromatic carbocycles. The molecule has 0 fully saturated rings. The third kappa shape index (κ3) is 3.73. The summed E-state index contributed by atoms with van der Waals surface area (Å²) in [5.41, 5.74) is 2.97. The third-order valence-electron chi connectivity index (χ3n) is 3.44. The number of hydrogen-bond acceptors (Lipinski definition) is 2. The van der Waals surface area contributed by atoms with Gasteiger partial charge in [0.1, 0.15) is 5.82 Å². The highest BCUT2D eigenvalue weighted by molar-refractivity contribution is 9.10. The van der Waals surface area contributed by atoms with Gasteiger partial charge in [0.2, 0.25) is 0 Å². The maximum atomic E-state index is 13.6. The number of aryl methyl sites for hydroxylation is 2. The van der Waals surface area contributed by atoms with E-state index in [4.69, 9.17) is 0 Å². The van der Waals surface area contributed by atoms with Gasteiger partial charge in [0, 0.05) is 24.0 Å². The van der Waals surface area contributed by atoms with Crippen LogP contribution in [0.4, 0.5) is 4.39 Å². The normalized spacial score (nSPS) is 12.7. The van der Waals surface area contributed by atoms with Crippen LogP contribution < -0.4 is 5.32 Å². The van der Waals surface area contributed by atoms with Crippen LogP contribution in [0.15, 0.2) is 27.1 Å². The lowest BCUT2D eigenvalue weighted by atomic mass is 10.0. The number of nitrogens with zero attached hydrogens (tertiary/aromatic N) is 2. The second-order valence-corrected chi connectivity index (χ2v) is 6.60. The summed E-state index contributed by atoms with van der Waals surface area (Å²) in [5.74, 6) is -0.226. The Morgan fingerprint density at radius 3 is 2.67 bits per heavy atom. The largest absolute Gasteiger partial charge is 0.310 e. The monoisotopic (exact) mass is 417 g/mol. The molecule has 21 heavy (non-hydrogen) atoms. The van der Waals surface area contributed by atoms with Gasteiger partial charge in [-0.2, -0.15) is 5.10 Å². The summed E-state index contributed by atoms with van der Waals surface area (Å²) in [6.07, 6.45) is 0.730. The van der Waals surface area contributed by atoms with Crippen molar-refractivity contribution in [1.82, 2.24) is 15.1 Å². The summed E-state index contributed by atoms with van der Waals surface area (Å²) in [6.45, 7) is 4.82. The summed E-state index contributed by atoms with van der Waals surface area (Å²) in [6, 6.07) is 4.81. The first kappa shape index (κ1) is 16.6. The number of aromatic nitrogens is 2. The molecule has 0 aliphatic rings. The number of benzene rings is 1. The number of likely N-dealkylation sites (N-methyl/N-ethyl adjacent to an activating group) is 1. The van der Waals surface area contributed by atoms with E-state index in [-0.39, 0.29) is 11.9 Å². The van der Waals surface area contributed by atoms with Crippen LogP contribution in [0.1, 0.15) is 29.9 Å². The summed E-state index contributed by atoms with van der Waals surface area (Å²) < 4.78 is 17.4. The van der Waals surface area contributed by atoms with Gasteiger partial charge >= 0.3 is 0 Å². The Labute approximate surface area is 141 Å². The molecule has 2 rings (SSSR count). The molecule has 0 spiro atoms. The lowest BCUT2D eigenvalue weighted by molar-refractivity contribution is 0.521. The minimum absolute atomic E-state index is 0.0196. The van der Waals surface area contributed by atoms with Crippen molar-refractivity contribution < 1.29 is 4.39 Å². The molecule has 0 saturated carbocycles. The van der Waals surface area contributed by atoms with Crippen molar-refractivity contribution in [3.05, 3.63) is 49.9 Å². The van der Waals surface area contributed by atoms with Crippen LogP contribution in [0.5, 0.6) is 0 Å². The minimum atomic E-state index is -0.226. The molecule has 0 radical (unpaired) electrons. The first-order chi connectivity index (χ1) is 9.93. The summed E-state index contributed by atoms with van der Waals surface area (Å²) in [7, 11) is 1.93. The molecule has 0 amide bonds. The fourth-order valence-electron chi connectivity index (χ4n) is 2.42. The standard InChI is InChI=1S/C15H18Br2FN3/c1-4-19-13(11-7-10(18)5-6-12(11)16)8-14-15(17)9(2)20-21(14)3/h5-7,13,19H,4,8H2,1-3H3. The highest BCUT2D eigenvalue weighted by Crippen LogP contribution is 2.30. The number of nitrogens with one attached hydrogen (secondary N) is 1. The van der Waals surface area contributed by atoms with Gasteiger partial charge in [-0.15, -0.1) is 0 Å². The van der Waals surface area contributed by atoms with E-state index in [1.807, 2.05) is 25.6 Å². The van der Waals surface area contributed by atoms with Gasteiger partial charge in [0.25, 0.3) is 0 Å². The van der Waals surface area contributed by atoms with E-state index in [1.54, 1.807) is 12.1 Å². The highest BCUT2D eigenvalue weighted by Gasteiger charge is 2.20. The molecule has 1 N–H and O–H groups in total. The van der Waals surface area contributed by atoms with Crippen molar-refractivity contribution in [2.45, 2.75) is 26.3 Å². The van der Waals surface area contributed by atoms with Gasteiger partial charge in [0.15, 0.2) is 0 Å². The fourth-order valence-corrected chi connectivity index (χ4v) is 3.44. The smallest absolute Gasteiger partial charge is 0.123 e. The average molecular weight is 419 g/mol. The zero-order valence-corrected chi connectivity index (χ0v) is 15.4. The van der Waals surface area contributed by atoms with Gasteiger partial charge in [-0.1, -0.05) is 22.9 Å². The molecule has 0 aliphatic carbocycles. The SMILES string of the molecule is CCNC(Cc1c(Br)c(C)nn1C)c1cc(F)ccc1Br. The molecular weight excluding hydrogens is 401 g/mol. The van der Waals surface area contributed by atoms with Crippen LogP contribution in [0.25, 0.3) is 0 Å². The van der Waals surface area contributed by atoms with Gasteiger partial charge in [-0.05, 0) is 53.2 Å². The molecule has 114 valence electrons. The van der Waals surface area contributed by atoms with E-state index in [2.05, 4.69) is 42.3 Å². The minimum Gasteiger partial charge on any atom is -0.310 e. The van der Waals surface area contributed by atoms with Crippen LogP contribution in [0.2, 0.25) is 0 Å². The van der Waals surface area contributed by atoms with E-state index in [1.165, 1.54) is 6.07 Å². The molecule has 6 heteroatoms. The lowest BCUT2D eigenvalue weighted by Gasteiger charge is -2.20. The Bertz CT molecular complexity index is 640. The Hall–Kier alpha value is -0.720. The summed E-state index contributed by atoms with van der Waals surface area (Å²) in [5, 5.41) is 7.83. The Kier molecular flexibility index (Phi) is 5.57. The van der Waals surface area contributed by atoms with Gasteiger partial charge in [-0.3, -0.25) is 4.68 Å². The summed E-state index contributed by atoms with van der Waals surface area (Å²) in [4.78, 5) is 0.